The Morgan fingerprint density at radius 2 is 2.08 bits per heavy atom. The Bertz CT molecular complexity index is 854. The molecule has 0 bridgehead atoms. The Morgan fingerprint density at radius 3 is 2.77 bits per heavy atom. The van der Waals surface area contributed by atoms with Crippen LogP contribution in [0.3, 0.4) is 0 Å². The lowest BCUT2D eigenvalue weighted by atomic mass is 10.0. The maximum atomic E-state index is 10.4. The third kappa shape index (κ3) is 3.51. The summed E-state index contributed by atoms with van der Waals surface area (Å²) in [4.78, 5) is 2.34. The van der Waals surface area contributed by atoms with E-state index in [9.17, 15) is 5.11 Å². The van der Waals surface area contributed by atoms with Gasteiger partial charge in [0.2, 0.25) is 0 Å². The van der Waals surface area contributed by atoms with E-state index in [1.165, 1.54) is 6.42 Å². The number of hydrogen-bond donors (Lipinski definition) is 2. The summed E-state index contributed by atoms with van der Waals surface area (Å²) < 4.78 is 0. The van der Waals surface area contributed by atoms with Crippen LogP contribution in [0.5, 0.6) is 5.75 Å². The van der Waals surface area contributed by atoms with Crippen LogP contribution >= 0.6 is 0 Å². The van der Waals surface area contributed by atoms with Crippen LogP contribution in [0.2, 0.25) is 0 Å². The maximum Gasteiger partial charge on any atom is 0.149 e. The van der Waals surface area contributed by atoms with Crippen LogP contribution in [0.25, 0.3) is 11.3 Å². The molecule has 0 spiro atoms. The van der Waals surface area contributed by atoms with E-state index in [0.717, 1.165) is 49.4 Å². The van der Waals surface area contributed by atoms with Crippen molar-refractivity contribution in [1.29, 1.82) is 0 Å². The van der Waals surface area contributed by atoms with Crippen LogP contribution in [0.15, 0.2) is 24.3 Å². The molecule has 4 rings (SSSR count). The van der Waals surface area contributed by atoms with E-state index in [1.807, 2.05) is 12.1 Å². The van der Waals surface area contributed by atoms with Gasteiger partial charge in [-0.3, -0.25) is 0 Å². The van der Waals surface area contributed by atoms with Crippen molar-refractivity contribution in [2.45, 2.75) is 37.6 Å². The van der Waals surface area contributed by atoms with Crippen LogP contribution in [0.1, 0.15) is 42.7 Å². The highest BCUT2D eigenvalue weighted by Gasteiger charge is 2.29. The fourth-order valence-electron chi connectivity index (χ4n) is 3.71. The SMILES string of the molecule is C#Cc1ccc(-c2nnc(N[C@@H]3CCCN(C)C3)cc2C2CC2)c(O)c1. The zero-order valence-corrected chi connectivity index (χ0v) is 15.1. The van der Waals surface area contributed by atoms with Crippen molar-refractivity contribution in [3.63, 3.8) is 0 Å². The Morgan fingerprint density at radius 1 is 1.23 bits per heavy atom. The Hall–Kier alpha value is -2.58. The number of aromatic nitrogens is 2. The molecule has 1 saturated carbocycles. The number of aromatic hydroxyl groups is 1. The van der Waals surface area contributed by atoms with Gasteiger partial charge in [-0.25, -0.2) is 0 Å². The largest absolute Gasteiger partial charge is 0.507 e. The van der Waals surface area contributed by atoms with E-state index in [-0.39, 0.29) is 5.75 Å². The standard InChI is InChI=1S/C21H24N4O/c1-3-14-6-9-17(19(26)11-14)21-18(15-7-8-15)12-20(23-24-21)22-16-5-4-10-25(2)13-16/h1,6,9,11-12,15-16,26H,4-5,7-8,10,13H2,2H3,(H,22,23)/t16-/m1/s1. The molecule has 2 heterocycles. The number of likely N-dealkylation sites (N-methyl/N-ethyl adjacent to an activating group) is 1. The summed E-state index contributed by atoms with van der Waals surface area (Å²) in [5, 5.41) is 22.8. The molecule has 1 aliphatic carbocycles. The number of likely N-dealkylation sites (tertiary alicyclic amines) is 1. The normalized spacial score (nSPS) is 20.5. The lowest BCUT2D eigenvalue weighted by Crippen LogP contribution is -2.39. The van der Waals surface area contributed by atoms with Gasteiger partial charge in [-0.15, -0.1) is 16.6 Å². The number of benzene rings is 1. The van der Waals surface area contributed by atoms with Crippen molar-refractivity contribution in [2.24, 2.45) is 0 Å². The molecular formula is C21H24N4O. The summed E-state index contributed by atoms with van der Waals surface area (Å²) in [7, 11) is 2.15. The predicted octanol–water partition coefficient (Wildman–Crippen LogP) is 3.21. The van der Waals surface area contributed by atoms with Gasteiger partial charge >= 0.3 is 0 Å². The Labute approximate surface area is 154 Å². The quantitative estimate of drug-likeness (QED) is 0.831. The third-order valence-electron chi connectivity index (χ3n) is 5.24. The van der Waals surface area contributed by atoms with Crippen LogP contribution in [0.4, 0.5) is 5.82 Å². The third-order valence-corrected chi connectivity index (χ3v) is 5.24. The average Bonchev–Trinajstić information content (AvgIpc) is 3.47. The lowest BCUT2D eigenvalue weighted by Gasteiger charge is -2.30. The molecule has 5 heteroatoms. The number of phenols is 1. The molecule has 1 atom stereocenters. The van der Waals surface area contributed by atoms with Gasteiger partial charge in [0.05, 0.1) is 0 Å². The van der Waals surface area contributed by atoms with Crippen molar-refractivity contribution in [2.75, 3.05) is 25.5 Å². The first-order chi connectivity index (χ1) is 12.6. The average molecular weight is 348 g/mol. The summed E-state index contributed by atoms with van der Waals surface area (Å²) >= 11 is 0. The van der Waals surface area contributed by atoms with E-state index < -0.39 is 0 Å². The van der Waals surface area contributed by atoms with Crippen molar-refractivity contribution in [1.82, 2.24) is 15.1 Å². The molecule has 2 aromatic rings. The van der Waals surface area contributed by atoms with E-state index >= 15 is 0 Å². The molecule has 2 aliphatic rings. The first kappa shape index (κ1) is 16.9. The second-order valence-corrected chi connectivity index (χ2v) is 7.43. The molecule has 1 aromatic heterocycles. The molecule has 2 N–H and O–H groups in total. The molecule has 1 aromatic carbocycles. The molecule has 5 nitrogen and oxygen atoms in total. The van der Waals surface area contributed by atoms with Gasteiger partial charge in [0.1, 0.15) is 17.3 Å². The predicted molar refractivity (Wildman–Crippen MR) is 103 cm³/mol. The van der Waals surface area contributed by atoms with E-state index in [4.69, 9.17) is 6.42 Å². The second-order valence-electron chi connectivity index (χ2n) is 7.43. The van der Waals surface area contributed by atoms with Gasteiger partial charge in [0.25, 0.3) is 0 Å². The van der Waals surface area contributed by atoms with Gasteiger partial charge in [-0.1, -0.05) is 5.92 Å². The summed E-state index contributed by atoms with van der Waals surface area (Å²) in [6.07, 6.45) is 10.1. The molecule has 0 unspecified atom stereocenters. The van der Waals surface area contributed by atoms with E-state index in [0.29, 0.717) is 23.1 Å². The molecule has 134 valence electrons. The van der Waals surface area contributed by atoms with Gasteiger partial charge < -0.3 is 15.3 Å². The van der Waals surface area contributed by atoms with Crippen LogP contribution in [0, 0.1) is 12.3 Å². The van der Waals surface area contributed by atoms with Gasteiger partial charge in [-0.2, -0.15) is 0 Å². The van der Waals surface area contributed by atoms with Crippen molar-refractivity contribution in [3.05, 3.63) is 35.4 Å². The first-order valence-corrected chi connectivity index (χ1v) is 9.26. The molecule has 0 amide bonds. The van der Waals surface area contributed by atoms with Crippen LogP contribution in [-0.2, 0) is 0 Å². The highest BCUT2D eigenvalue weighted by atomic mass is 16.3. The zero-order valence-electron chi connectivity index (χ0n) is 15.1. The highest BCUT2D eigenvalue weighted by Crippen LogP contribution is 2.45. The van der Waals surface area contributed by atoms with E-state index in [1.54, 1.807) is 6.07 Å². The molecule has 1 aliphatic heterocycles. The molecule has 1 saturated heterocycles. The number of terminal acetylenes is 1. The van der Waals surface area contributed by atoms with Gasteiger partial charge in [0.15, 0.2) is 0 Å². The second kappa shape index (κ2) is 6.97. The number of rotatable bonds is 4. The Balaban J connectivity index is 1.63. The molecule has 2 fully saturated rings. The minimum absolute atomic E-state index is 0.159. The fraction of sp³-hybridized carbons (Fsp3) is 0.429. The minimum Gasteiger partial charge on any atom is -0.507 e. The number of anilines is 1. The molecule has 0 radical (unpaired) electrons. The lowest BCUT2D eigenvalue weighted by molar-refractivity contribution is 0.260. The summed E-state index contributed by atoms with van der Waals surface area (Å²) in [6, 6.07) is 7.80. The maximum absolute atomic E-state index is 10.4. The molecule has 26 heavy (non-hydrogen) atoms. The minimum atomic E-state index is 0.159. The number of nitrogens with zero attached hydrogens (tertiary/aromatic N) is 3. The van der Waals surface area contributed by atoms with E-state index in [2.05, 4.69) is 39.4 Å². The number of nitrogens with one attached hydrogen (secondary N) is 1. The number of hydrogen-bond acceptors (Lipinski definition) is 5. The van der Waals surface area contributed by atoms with Crippen LogP contribution in [-0.4, -0.2) is 46.4 Å². The van der Waals surface area contributed by atoms with Crippen molar-refractivity contribution < 1.29 is 5.11 Å². The Kier molecular flexibility index (Phi) is 4.52. The smallest absolute Gasteiger partial charge is 0.149 e. The topological polar surface area (TPSA) is 61.3 Å². The number of phenolic OH excluding ortho intramolecular Hbond substituents is 1. The molecular weight excluding hydrogens is 324 g/mol. The number of piperidine rings is 1. The summed E-state index contributed by atoms with van der Waals surface area (Å²) in [6.45, 7) is 2.18. The van der Waals surface area contributed by atoms with Gasteiger partial charge in [0, 0.05) is 23.7 Å². The fourth-order valence-corrected chi connectivity index (χ4v) is 3.71. The van der Waals surface area contributed by atoms with Crippen molar-refractivity contribution in [3.8, 4) is 29.4 Å². The van der Waals surface area contributed by atoms with Gasteiger partial charge in [-0.05, 0) is 75.0 Å². The summed E-state index contributed by atoms with van der Waals surface area (Å²) in [5.74, 6) is 4.03. The zero-order chi connectivity index (χ0) is 18.1. The summed E-state index contributed by atoms with van der Waals surface area (Å²) in [5.41, 5.74) is 3.28. The highest BCUT2D eigenvalue weighted by molar-refractivity contribution is 5.72. The first-order valence-electron chi connectivity index (χ1n) is 9.26. The monoisotopic (exact) mass is 348 g/mol. The van der Waals surface area contributed by atoms with Crippen LogP contribution < -0.4 is 5.32 Å². The van der Waals surface area contributed by atoms with Crippen molar-refractivity contribution >= 4 is 5.82 Å².